The Morgan fingerprint density at radius 1 is 1.25 bits per heavy atom. The number of hydrogen-bond acceptors (Lipinski definition) is 6. The van der Waals surface area contributed by atoms with Crippen LogP contribution >= 0.6 is 15.9 Å². The van der Waals surface area contributed by atoms with E-state index in [0.717, 1.165) is 0 Å². The van der Waals surface area contributed by atoms with Crippen molar-refractivity contribution in [2.45, 2.75) is 20.0 Å². The third kappa shape index (κ3) is 4.80. The minimum Gasteiger partial charge on any atom is -0.465 e. The van der Waals surface area contributed by atoms with Crippen LogP contribution in [-0.2, 0) is 22.6 Å². The highest BCUT2D eigenvalue weighted by Crippen LogP contribution is 2.21. The predicted octanol–water partition coefficient (Wildman–Crippen LogP) is 2.24. The number of aromatic nitrogens is 5. The zero-order chi connectivity index (χ0) is 20.1. The number of carbonyl (C=O) groups excluding carboxylic acids is 2. The molecule has 0 bridgehead atoms. The Labute approximate surface area is 167 Å². The molecule has 9 nitrogen and oxygen atoms in total. The first-order chi connectivity index (χ1) is 13.5. The van der Waals surface area contributed by atoms with E-state index in [1.54, 1.807) is 31.3 Å². The molecule has 3 rings (SSSR count). The number of nitrogens with zero attached hydrogens (tertiary/aromatic N) is 5. The lowest BCUT2D eigenvalue weighted by atomic mass is 10.2. The molecular formula is C17H16BrFN6O3. The summed E-state index contributed by atoms with van der Waals surface area (Å²) < 4.78 is 21.8. The van der Waals surface area contributed by atoms with E-state index < -0.39 is 11.9 Å². The fraction of sp³-hybridized carbons (Fsp3) is 0.235. The highest BCUT2D eigenvalue weighted by atomic mass is 79.9. The van der Waals surface area contributed by atoms with Crippen LogP contribution in [0, 0.1) is 5.82 Å². The molecule has 0 saturated carbocycles. The third-order valence-electron chi connectivity index (χ3n) is 3.61. The second kappa shape index (κ2) is 8.74. The fourth-order valence-electron chi connectivity index (χ4n) is 2.35. The van der Waals surface area contributed by atoms with Gasteiger partial charge in [0.25, 0.3) is 5.91 Å². The maximum absolute atomic E-state index is 13.8. The molecular weight excluding hydrogens is 435 g/mol. The van der Waals surface area contributed by atoms with Gasteiger partial charge in [-0.05, 0) is 28.9 Å². The smallest absolute Gasteiger partial charge is 0.327 e. The largest absolute Gasteiger partial charge is 0.465 e. The maximum Gasteiger partial charge on any atom is 0.327 e. The van der Waals surface area contributed by atoms with Crippen LogP contribution in [0.1, 0.15) is 23.0 Å². The molecule has 0 aliphatic heterocycles. The molecule has 0 unspecified atom stereocenters. The van der Waals surface area contributed by atoms with Crippen LogP contribution in [0.15, 0.2) is 41.1 Å². The monoisotopic (exact) mass is 450 g/mol. The van der Waals surface area contributed by atoms with Crippen molar-refractivity contribution in [3.63, 3.8) is 0 Å². The fourth-order valence-corrected chi connectivity index (χ4v) is 2.77. The van der Waals surface area contributed by atoms with Crippen LogP contribution in [0.4, 0.5) is 10.2 Å². The van der Waals surface area contributed by atoms with Gasteiger partial charge in [-0.25, -0.2) is 9.07 Å². The Morgan fingerprint density at radius 2 is 2.04 bits per heavy atom. The van der Waals surface area contributed by atoms with Crippen molar-refractivity contribution in [2.24, 2.45) is 0 Å². The van der Waals surface area contributed by atoms with E-state index in [2.05, 4.69) is 36.7 Å². The van der Waals surface area contributed by atoms with Gasteiger partial charge in [0.2, 0.25) is 0 Å². The second-order valence-electron chi connectivity index (χ2n) is 5.68. The maximum atomic E-state index is 13.8. The molecule has 146 valence electrons. The van der Waals surface area contributed by atoms with E-state index >= 15 is 0 Å². The summed E-state index contributed by atoms with van der Waals surface area (Å²) in [5.74, 6) is -1.11. The third-order valence-corrected chi connectivity index (χ3v) is 4.19. The number of esters is 1. The van der Waals surface area contributed by atoms with E-state index in [9.17, 15) is 14.0 Å². The van der Waals surface area contributed by atoms with Crippen LogP contribution in [-0.4, -0.2) is 43.3 Å². The molecule has 0 aliphatic carbocycles. The average molecular weight is 451 g/mol. The first kappa shape index (κ1) is 19.7. The molecule has 1 aromatic carbocycles. The summed E-state index contributed by atoms with van der Waals surface area (Å²) in [6.07, 6.45) is 2.95. The summed E-state index contributed by atoms with van der Waals surface area (Å²) >= 11 is 3.31. The summed E-state index contributed by atoms with van der Waals surface area (Å²) in [6.45, 7) is 2.01. The van der Waals surface area contributed by atoms with Gasteiger partial charge in [0.05, 0.1) is 23.8 Å². The molecule has 28 heavy (non-hydrogen) atoms. The number of ether oxygens (including phenoxy) is 1. The van der Waals surface area contributed by atoms with Gasteiger partial charge >= 0.3 is 5.97 Å². The number of carbonyl (C=O) groups is 2. The quantitative estimate of drug-likeness (QED) is 0.553. The van der Waals surface area contributed by atoms with Crippen LogP contribution < -0.4 is 5.32 Å². The van der Waals surface area contributed by atoms with Crippen molar-refractivity contribution in [3.8, 4) is 0 Å². The molecule has 2 aromatic heterocycles. The predicted molar refractivity (Wildman–Crippen MR) is 100 cm³/mol. The van der Waals surface area contributed by atoms with Crippen molar-refractivity contribution >= 4 is 33.6 Å². The minimum atomic E-state index is -0.549. The zero-order valence-electron chi connectivity index (χ0n) is 14.8. The van der Waals surface area contributed by atoms with Crippen molar-refractivity contribution in [1.82, 2.24) is 24.8 Å². The first-order valence-corrected chi connectivity index (χ1v) is 9.09. The van der Waals surface area contributed by atoms with Gasteiger partial charge in [0.1, 0.15) is 12.4 Å². The van der Waals surface area contributed by atoms with Crippen LogP contribution in [0.5, 0.6) is 0 Å². The molecule has 0 aliphatic rings. The lowest BCUT2D eigenvalue weighted by molar-refractivity contribution is -0.144. The van der Waals surface area contributed by atoms with Crippen molar-refractivity contribution in [1.29, 1.82) is 0 Å². The molecule has 0 saturated heterocycles. The van der Waals surface area contributed by atoms with Crippen LogP contribution in [0.2, 0.25) is 0 Å². The number of benzene rings is 1. The number of anilines is 1. The minimum absolute atomic E-state index is 0.0138. The summed E-state index contributed by atoms with van der Waals surface area (Å²) in [6, 6.07) is 6.37. The first-order valence-electron chi connectivity index (χ1n) is 8.29. The molecule has 11 heteroatoms. The van der Waals surface area contributed by atoms with Gasteiger partial charge in [-0.2, -0.15) is 5.10 Å². The summed E-state index contributed by atoms with van der Waals surface area (Å²) in [5.41, 5.74) is 0.483. The van der Waals surface area contributed by atoms with Crippen molar-refractivity contribution < 1.29 is 18.7 Å². The Bertz CT molecular complexity index is 1000. The molecule has 0 fully saturated rings. The van der Waals surface area contributed by atoms with E-state index in [0.29, 0.717) is 10.0 Å². The summed E-state index contributed by atoms with van der Waals surface area (Å²) in [4.78, 5) is 23.8. The molecule has 0 spiro atoms. The zero-order valence-corrected chi connectivity index (χ0v) is 16.4. The van der Waals surface area contributed by atoms with E-state index in [1.165, 1.54) is 21.6 Å². The Morgan fingerprint density at radius 3 is 2.79 bits per heavy atom. The molecule has 1 amide bonds. The molecule has 3 aromatic rings. The number of nitrogens with one attached hydrogen (secondary N) is 1. The topological polar surface area (TPSA) is 104 Å². The highest BCUT2D eigenvalue weighted by molar-refractivity contribution is 9.10. The lowest BCUT2D eigenvalue weighted by Crippen LogP contribution is -2.15. The van der Waals surface area contributed by atoms with Gasteiger partial charge in [-0.3, -0.25) is 14.3 Å². The molecule has 0 radical (unpaired) electrons. The Hall–Kier alpha value is -3.08. The second-order valence-corrected chi connectivity index (χ2v) is 6.53. The SMILES string of the molecule is CCOC(=O)Cn1cc(C(=O)Nc2nn(Cc3ccccc3F)cc2Br)nn1. The van der Waals surface area contributed by atoms with Crippen LogP contribution in [0.3, 0.4) is 0 Å². The van der Waals surface area contributed by atoms with E-state index in [4.69, 9.17) is 4.74 Å². The molecule has 2 heterocycles. The standard InChI is InChI=1S/C17H16BrFN6O3/c1-2-28-15(26)10-25-9-14(21-23-25)17(27)20-16-12(18)8-24(22-16)7-11-5-3-4-6-13(11)19/h3-6,8-9H,2,7,10H2,1H3,(H,20,22,27). The molecule has 0 atom stereocenters. The van der Waals surface area contributed by atoms with Crippen molar-refractivity contribution in [2.75, 3.05) is 11.9 Å². The van der Waals surface area contributed by atoms with Gasteiger partial charge in [-0.1, -0.05) is 23.4 Å². The highest BCUT2D eigenvalue weighted by Gasteiger charge is 2.16. The number of halogens is 2. The Balaban J connectivity index is 1.66. The van der Waals surface area contributed by atoms with E-state index in [1.807, 2.05) is 0 Å². The van der Waals surface area contributed by atoms with Gasteiger partial charge in [-0.15, -0.1) is 5.10 Å². The number of hydrogen-bond donors (Lipinski definition) is 1. The lowest BCUT2D eigenvalue weighted by Gasteiger charge is -2.03. The van der Waals surface area contributed by atoms with Crippen LogP contribution in [0.25, 0.3) is 0 Å². The van der Waals surface area contributed by atoms with Gasteiger partial charge < -0.3 is 10.1 Å². The number of rotatable bonds is 7. The van der Waals surface area contributed by atoms with Crippen molar-refractivity contribution in [3.05, 3.63) is 58.2 Å². The summed E-state index contributed by atoms with van der Waals surface area (Å²) in [7, 11) is 0. The van der Waals surface area contributed by atoms with Gasteiger partial charge in [0, 0.05) is 11.8 Å². The number of amides is 1. The van der Waals surface area contributed by atoms with E-state index in [-0.39, 0.29) is 37.0 Å². The normalized spacial score (nSPS) is 10.7. The molecule has 1 N–H and O–H groups in total. The Kier molecular flexibility index (Phi) is 6.14. The summed E-state index contributed by atoms with van der Waals surface area (Å²) in [5, 5.41) is 14.3. The van der Waals surface area contributed by atoms with Gasteiger partial charge in [0.15, 0.2) is 11.5 Å². The average Bonchev–Trinajstić information content (AvgIpc) is 3.24.